The molecular weight excluding hydrogens is 1030 g/mol. The Kier molecular flexibility index (Phi) is 18.3. The number of aromatic amines is 2. The maximum atomic E-state index is 12.9. The van der Waals surface area contributed by atoms with Gasteiger partial charge in [-0.1, -0.05) is 0 Å². The van der Waals surface area contributed by atoms with Gasteiger partial charge in [-0.3, -0.25) is 19.3 Å². The normalized spacial score (nSPS) is 14.2. The number of aromatic nitrogens is 6. The highest BCUT2D eigenvalue weighted by Crippen LogP contribution is 2.40. The third-order valence-corrected chi connectivity index (χ3v) is 13.4. The van der Waals surface area contributed by atoms with Gasteiger partial charge < -0.3 is 68.0 Å². The number of carbonyl (C=O) groups is 4. The summed E-state index contributed by atoms with van der Waals surface area (Å²) in [5.74, 6) is -0.570. The Labute approximate surface area is 452 Å². The summed E-state index contributed by atoms with van der Waals surface area (Å²) in [5.41, 5.74) is 12.0. The fraction of sp³-hybridized carbons (Fsp3) is 0.382. The number of nitrogens with one attached hydrogen (secondary N) is 2. The summed E-state index contributed by atoms with van der Waals surface area (Å²) in [6, 6.07) is 19.7. The van der Waals surface area contributed by atoms with Gasteiger partial charge in [0.1, 0.15) is 17.9 Å². The molecule has 0 aliphatic carbocycles. The molecule has 0 spiro atoms. The van der Waals surface area contributed by atoms with Crippen molar-refractivity contribution < 1.29 is 60.8 Å². The van der Waals surface area contributed by atoms with E-state index in [9.17, 15) is 32.3 Å². The maximum absolute atomic E-state index is 12.9. The van der Waals surface area contributed by atoms with Crippen molar-refractivity contribution in [3.63, 3.8) is 0 Å². The van der Waals surface area contributed by atoms with Gasteiger partial charge in [-0.2, -0.15) is 13.2 Å². The van der Waals surface area contributed by atoms with Gasteiger partial charge in [-0.25, -0.2) is 14.8 Å². The Hall–Kier alpha value is -8.35. The Balaban J connectivity index is 0.000000202. The topological polar surface area (TPSA) is 230 Å². The second kappa shape index (κ2) is 25.4. The molecule has 21 nitrogen and oxygen atoms in total. The van der Waals surface area contributed by atoms with E-state index in [0.29, 0.717) is 55.7 Å². The number of methoxy groups -OCH3 is 2. The number of alkyl halides is 3. The molecule has 0 radical (unpaired) electrons. The van der Waals surface area contributed by atoms with Crippen molar-refractivity contribution in [3.8, 4) is 45.5 Å². The van der Waals surface area contributed by atoms with Gasteiger partial charge in [-0.05, 0) is 55.6 Å². The number of fused-ring (bicyclic) bond motifs is 4. The molecule has 6 aromatic heterocycles. The molecule has 420 valence electrons. The molecule has 3 amide bonds. The van der Waals surface area contributed by atoms with Crippen molar-refractivity contribution in [1.82, 2.24) is 48.7 Å². The zero-order valence-corrected chi connectivity index (χ0v) is 44.9. The van der Waals surface area contributed by atoms with Crippen molar-refractivity contribution in [3.05, 3.63) is 85.5 Å². The van der Waals surface area contributed by atoms with Crippen LogP contribution in [0.1, 0.15) is 6.92 Å². The third-order valence-electron chi connectivity index (χ3n) is 13.4. The molecule has 2 aliphatic rings. The van der Waals surface area contributed by atoms with Crippen LogP contribution in [0.15, 0.2) is 85.5 Å². The van der Waals surface area contributed by atoms with Crippen molar-refractivity contribution in [2.75, 3.05) is 113 Å². The summed E-state index contributed by atoms with van der Waals surface area (Å²) >= 11 is 0. The number of carbonyl (C=O) groups excluding carboxylic acids is 4. The Morgan fingerprint density at radius 1 is 0.633 bits per heavy atom. The van der Waals surface area contributed by atoms with Crippen LogP contribution in [0.3, 0.4) is 0 Å². The molecule has 0 atom stereocenters. The van der Waals surface area contributed by atoms with E-state index in [1.807, 2.05) is 78.3 Å². The number of piperazine rings is 2. The van der Waals surface area contributed by atoms with Crippen molar-refractivity contribution in [2.45, 2.75) is 13.1 Å². The average Bonchev–Trinajstić information content (AvgIpc) is 4.44. The van der Waals surface area contributed by atoms with E-state index in [-0.39, 0.29) is 44.1 Å². The predicted octanol–water partition coefficient (Wildman–Crippen LogP) is 5.75. The number of rotatable bonds is 16. The predicted molar refractivity (Wildman–Crippen MR) is 290 cm³/mol. The molecule has 10 rings (SSSR count). The number of hydrogen-bond donors (Lipinski definition) is 3. The second-order valence-corrected chi connectivity index (χ2v) is 18.9. The van der Waals surface area contributed by atoms with E-state index < -0.39 is 18.8 Å². The van der Waals surface area contributed by atoms with Gasteiger partial charge in [0.2, 0.25) is 5.91 Å². The second-order valence-electron chi connectivity index (χ2n) is 18.9. The third kappa shape index (κ3) is 14.0. The number of amides is 3. The summed E-state index contributed by atoms with van der Waals surface area (Å²) in [6.45, 7) is 6.83. The number of halogens is 3. The van der Waals surface area contributed by atoms with Gasteiger partial charge >= 0.3 is 12.1 Å². The summed E-state index contributed by atoms with van der Waals surface area (Å²) in [5, 5.41) is 4.08. The first-order valence-electron chi connectivity index (χ1n) is 25.4. The minimum Gasteiger partial charge on any atom is -0.493 e. The van der Waals surface area contributed by atoms with Gasteiger partial charge in [-0.15, -0.1) is 0 Å². The van der Waals surface area contributed by atoms with E-state index in [0.717, 1.165) is 92.6 Å². The first kappa shape index (κ1) is 56.8. The Bertz CT molecular complexity index is 3360. The molecule has 0 unspecified atom stereocenters. The fourth-order valence-electron chi connectivity index (χ4n) is 9.27. The lowest BCUT2D eigenvalue weighted by molar-refractivity contribution is -0.200. The van der Waals surface area contributed by atoms with Crippen LogP contribution in [0.25, 0.3) is 66.4 Å². The van der Waals surface area contributed by atoms with Gasteiger partial charge in [0, 0.05) is 161 Å². The SMILES string of the molecule is CC(N)=O.COc1cc2c(-c3cc4cccnc4[nH]3)cn(C)c2cc1OCC(=O)N1CCN(C)CC1.COc1cc2c(-c3cc4cccnc4[nH]3)cn(C)c2cc1OCC(=O)N1CCN(CCOCCOC(=O)C(F)(F)F)CC1. The molecule has 2 fully saturated rings. The van der Waals surface area contributed by atoms with Gasteiger partial charge in [0.05, 0.1) is 38.5 Å². The highest BCUT2D eigenvalue weighted by atomic mass is 19.4. The summed E-state index contributed by atoms with van der Waals surface area (Å²) < 4.78 is 72.9. The van der Waals surface area contributed by atoms with Gasteiger partial charge in [0.15, 0.2) is 36.2 Å². The Morgan fingerprint density at radius 3 is 1.52 bits per heavy atom. The van der Waals surface area contributed by atoms with E-state index >= 15 is 0 Å². The minimum absolute atomic E-state index is 0.00149. The smallest absolute Gasteiger partial charge is 0.490 e. The van der Waals surface area contributed by atoms with E-state index in [1.165, 1.54) is 6.92 Å². The number of ether oxygens (including phenoxy) is 6. The number of esters is 1. The monoisotopic (exact) mass is 1100 g/mol. The maximum Gasteiger partial charge on any atom is 0.490 e. The highest BCUT2D eigenvalue weighted by Gasteiger charge is 2.40. The summed E-state index contributed by atoms with van der Waals surface area (Å²) in [7, 11) is 9.19. The molecule has 0 bridgehead atoms. The number of likely N-dealkylation sites (N-methyl/N-ethyl adjacent to an activating group) is 1. The van der Waals surface area contributed by atoms with Crippen LogP contribution in [0.4, 0.5) is 13.2 Å². The highest BCUT2D eigenvalue weighted by molar-refractivity contribution is 6.01. The molecule has 2 aliphatic heterocycles. The Morgan fingerprint density at radius 2 is 1.09 bits per heavy atom. The largest absolute Gasteiger partial charge is 0.493 e. The van der Waals surface area contributed by atoms with Crippen LogP contribution in [0.2, 0.25) is 0 Å². The van der Waals surface area contributed by atoms with E-state index in [2.05, 4.69) is 70.2 Å². The van der Waals surface area contributed by atoms with Gasteiger partial charge in [0.25, 0.3) is 11.8 Å². The number of pyridine rings is 2. The number of nitrogens with two attached hydrogens (primary N) is 1. The molecule has 0 saturated carbocycles. The number of aryl methyl sites for hydroxylation is 2. The summed E-state index contributed by atoms with van der Waals surface area (Å²) in [4.78, 5) is 68.9. The molecule has 8 aromatic rings. The van der Waals surface area contributed by atoms with Crippen molar-refractivity contribution in [1.29, 1.82) is 0 Å². The van der Waals surface area contributed by atoms with Crippen LogP contribution < -0.4 is 24.7 Å². The van der Waals surface area contributed by atoms with Crippen LogP contribution >= 0.6 is 0 Å². The van der Waals surface area contributed by atoms with Crippen molar-refractivity contribution in [2.24, 2.45) is 19.8 Å². The molecule has 2 aromatic carbocycles. The number of benzene rings is 2. The lowest BCUT2D eigenvalue weighted by atomic mass is 10.1. The lowest BCUT2D eigenvalue weighted by Crippen LogP contribution is -2.50. The molecule has 24 heteroatoms. The van der Waals surface area contributed by atoms with Crippen LogP contribution in [0, 0.1) is 0 Å². The molecule has 8 heterocycles. The summed E-state index contributed by atoms with van der Waals surface area (Å²) in [6.07, 6.45) is 2.62. The number of H-pyrrole nitrogens is 2. The first-order valence-corrected chi connectivity index (χ1v) is 25.4. The molecule has 79 heavy (non-hydrogen) atoms. The number of hydrogen-bond acceptors (Lipinski definition) is 14. The zero-order chi connectivity index (χ0) is 56.4. The fourth-order valence-corrected chi connectivity index (χ4v) is 9.27. The number of nitrogens with zero attached hydrogens (tertiary/aromatic N) is 8. The first-order chi connectivity index (χ1) is 37.9. The van der Waals surface area contributed by atoms with Crippen LogP contribution in [0.5, 0.6) is 23.0 Å². The van der Waals surface area contributed by atoms with Crippen LogP contribution in [-0.2, 0) is 42.7 Å². The average molecular weight is 1100 g/mol. The van der Waals surface area contributed by atoms with Crippen molar-refractivity contribution >= 4 is 67.6 Å². The molecular formula is C55H64F3N11O10. The molecule has 2 saturated heterocycles. The lowest BCUT2D eigenvalue weighted by Gasteiger charge is -2.34. The van der Waals surface area contributed by atoms with Crippen LogP contribution in [-0.4, -0.2) is 192 Å². The zero-order valence-electron chi connectivity index (χ0n) is 44.9. The van der Waals surface area contributed by atoms with E-state index in [4.69, 9.17) is 23.7 Å². The minimum atomic E-state index is -5.01. The van der Waals surface area contributed by atoms with E-state index in [1.54, 1.807) is 31.5 Å². The number of primary amides is 1. The molecule has 4 N–H and O–H groups in total. The standard InChI is InChI=1S/C29H32F3N5O6.C24H27N5O3.C2H5NO/c1-35-17-21(22-14-19-4-3-5-33-27(19)34-22)20-15-24(40-2)25(16-23(20)35)43-18-26(38)37-8-6-36(7-9-37)10-11-41-12-13-42-28(39)29(30,31)32;1-27-7-9-29(10-8-27)23(30)15-32-22-13-20-17(12-21(22)31-3)18(14-28(20)2)19-11-16-5-4-6-25-24(16)26-19;1-2(3)4/h3-5,14-17H,6-13,18H2,1-2H3,(H,33,34);4-6,11-14H,7-10,15H2,1-3H3,(H,25,26);1H3,(H2,3,4). The quantitative estimate of drug-likeness (QED) is 0.0774.